The van der Waals surface area contributed by atoms with E-state index < -0.39 is 10.0 Å². The van der Waals surface area contributed by atoms with Crippen LogP contribution in [0.25, 0.3) is 0 Å². The van der Waals surface area contributed by atoms with Crippen molar-refractivity contribution in [3.63, 3.8) is 0 Å². The maximum absolute atomic E-state index is 12.3. The number of benzene rings is 1. The van der Waals surface area contributed by atoms with E-state index in [2.05, 4.69) is 10.0 Å². The fourth-order valence-corrected chi connectivity index (χ4v) is 3.28. The van der Waals surface area contributed by atoms with Crippen molar-refractivity contribution in [2.75, 3.05) is 26.5 Å². The molecule has 0 aromatic heterocycles. The first-order valence-corrected chi connectivity index (χ1v) is 9.64. The molecule has 21 heavy (non-hydrogen) atoms. The summed E-state index contributed by atoms with van der Waals surface area (Å²) in [6.45, 7) is 5.40. The van der Waals surface area contributed by atoms with Gasteiger partial charge in [-0.3, -0.25) is 0 Å². The molecule has 0 aliphatic rings. The summed E-state index contributed by atoms with van der Waals surface area (Å²) in [4.78, 5) is 0.268. The zero-order valence-electron chi connectivity index (χ0n) is 13.0. The van der Waals surface area contributed by atoms with E-state index in [4.69, 9.17) is 4.74 Å². The maximum atomic E-state index is 12.3. The molecule has 1 unspecified atom stereocenters. The Hall–Kier alpha value is -0.760. The summed E-state index contributed by atoms with van der Waals surface area (Å²) in [6, 6.07) is 4.95. The lowest BCUT2D eigenvalue weighted by molar-refractivity contribution is 0.335. The second kappa shape index (κ2) is 8.63. The van der Waals surface area contributed by atoms with E-state index >= 15 is 0 Å². The molecule has 0 saturated heterocycles. The summed E-state index contributed by atoms with van der Waals surface area (Å²) in [5.41, 5.74) is 0.833. The SMILES string of the molecule is CCOc1ccc(S(=O)(=O)NCC(C)SC)cc1CNC. The van der Waals surface area contributed by atoms with Crippen LogP contribution in [0.2, 0.25) is 0 Å². The van der Waals surface area contributed by atoms with Gasteiger partial charge in [0.1, 0.15) is 5.75 Å². The second-order valence-corrected chi connectivity index (χ2v) is 7.67. The molecular weight excluding hydrogens is 308 g/mol. The molecule has 0 fully saturated rings. The highest BCUT2D eigenvalue weighted by Gasteiger charge is 2.17. The Morgan fingerprint density at radius 1 is 1.38 bits per heavy atom. The predicted molar refractivity (Wildman–Crippen MR) is 88.5 cm³/mol. The summed E-state index contributed by atoms with van der Waals surface area (Å²) in [7, 11) is -1.67. The lowest BCUT2D eigenvalue weighted by atomic mass is 10.2. The number of hydrogen-bond donors (Lipinski definition) is 2. The van der Waals surface area contributed by atoms with Crippen molar-refractivity contribution in [1.82, 2.24) is 10.0 Å². The summed E-state index contributed by atoms with van der Waals surface area (Å²) in [5.74, 6) is 0.711. The lowest BCUT2D eigenvalue weighted by Gasteiger charge is -2.14. The predicted octanol–water partition coefficient (Wildman–Crippen LogP) is 1.83. The molecule has 0 saturated carbocycles. The molecule has 5 nitrogen and oxygen atoms in total. The molecule has 0 aliphatic heterocycles. The first kappa shape index (κ1) is 18.3. The topological polar surface area (TPSA) is 67.4 Å². The van der Waals surface area contributed by atoms with Crippen LogP contribution in [-0.4, -0.2) is 40.1 Å². The highest BCUT2D eigenvalue weighted by Crippen LogP contribution is 2.23. The van der Waals surface area contributed by atoms with Crippen molar-refractivity contribution >= 4 is 21.8 Å². The fraction of sp³-hybridized carbons (Fsp3) is 0.571. The third-order valence-corrected chi connectivity index (χ3v) is 5.37. The Labute approximate surface area is 131 Å². The van der Waals surface area contributed by atoms with Gasteiger partial charge < -0.3 is 10.1 Å². The van der Waals surface area contributed by atoms with Gasteiger partial charge in [-0.15, -0.1) is 0 Å². The average molecular weight is 332 g/mol. The molecule has 1 aromatic carbocycles. The van der Waals surface area contributed by atoms with Gasteiger partial charge in [-0.1, -0.05) is 6.92 Å². The Morgan fingerprint density at radius 2 is 2.10 bits per heavy atom. The van der Waals surface area contributed by atoms with Crippen LogP contribution in [0.15, 0.2) is 23.1 Å². The van der Waals surface area contributed by atoms with Gasteiger partial charge in [-0.05, 0) is 38.4 Å². The minimum Gasteiger partial charge on any atom is -0.494 e. The zero-order valence-corrected chi connectivity index (χ0v) is 14.6. The van der Waals surface area contributed by atoms with Crippen LogP contribution in [0, 0.1) is 0 Å². The smallest absolute Gasteiger partial charge is 0.240 e. The maximum Gasteiger partial charge on any atom is 0.240 e. The molecule has 0 spiro atoms. The van der Waals surface area contributed by atoms with E-state index in [0.29, 0.717) is 25.4 Å². The molecule has 1 rings (SSSR count). The highest BCUT2D eigenvalue weighted by molar-refractivity contribution is 7.99. The standard InChI is InChI=1S/C14H24N2O3S2/c1-5-19-14-7-6-13(8-12(14)10-15-3)21(17,18)16-9-11(2)20-4/h6-8,11,15-16H,5,9-10H2,1-4H3. The molecule has 1 aromatic rings. The van der Waals surface area contributed by atoms with Gasteiger partial charge >= 0.3 is 0 Å². The van der Waals surface area contributed by atoms with Crippen LogP contribution in [0.5, 0.6) is 5.75 Å². The molecular formula is C14H24N2O3S2. The van der Waals surface area contributed by atoms with Gasteiger partial charge in [0.05, 0.1) is 11.5 Å². The van der Waals surface area contributed by atoms with Gasteiger partial charge in [0.25, 0.3) is 0 Å². The van der Waals surface area contributed by atoms with Crippen LogP contribution in [0.4, 0.5) is 0 Å². The van der Waals surface area contributed by atoms with Crippen LogP contribution >= 0.6 is 11.8 Å². The van der Waals surface area contributed by atoms with Crippen molar-refractivity contribution in [2.45, 2.75) is 30.5 Å². The monoisotopic (exact) mass is 332 g/mol. The van der Waals surface area contributed by atoms with E-state index in [1.807, 2.05) is 27.2 Å². The summed E-state index contributed by atoms with van der Waals surface area (Å²) in [5, 5.41) is 3.26. The van der Waals surface area contributed by atoms with Gasteiger partial charge in [-0.25, -0.2) is 13.1 Å². The van der Waals surface area contributed by atoms with E-state index in [-0.39, 0.29) is 10.1 Å². The van der Waals surface area contributed by atoms with Crippen molar-refractivity contribution in [3.05, 3.63) is 23.8 Å². The first-order chi connectivity index (χ1) is 9.94. The number of ether oxygens (including phenoxy) is 1. The van der Waals surface area contributed by atoms with Crippen molar-refractivity contribution in [3.8, 4) is 5.75 Å². The van der Waals surface area contributed by atoms with Crippen LogP contribution in [-0.2, 0) is 16.6 Å². The first-order valence-electron chi connectivity index (χ1n) is 6.87. The van der Waals surface area contributed by atoms with Crippen molar-refractivity contribution in [2.24, 2.45) is 0 Å². The molecule has 0 radical (unpaired) electrons. The third kappa shape index (κ3) is 5.50. The quantitative estimate of drug-likeness (QED) is 0.722. The third-order valence-electron chi connectivity index (χ3n) is 2.97. The highest BCUT2D eigenvalue weighted by atomic mass is 32.2. The zero-order chi connectivity index (χ0) is 15.9. The number of nitrogens with one attached hydrogen (secondary N) is 2. The number of rotatable bonds is 9. The number of sulfonamides is 1. The molecule has 2 N–H and O–H groups in total. The van der Waals surface area contributed by atoms with Gasteiger partial charge in [0.2, 0.25) is 10.0 Å². The Kier molecular flexibility index (Phi) is 7.51. The number of thioether (sulfide) groups is 1. The van der Waals surface area contributed by atoms with E-state index in [9.17, 15) is 8.42 Å². The molecule has 0 bridgehead atoms. The van der Waals surface area contributed by atoms with E-state index in [1.165, 1.54) is 0 Å². The summed E-state index contributed by atoms with van der Waals surface area (Å²) < 4.78 is 32.7. The van der Waals surface area contributed by atoms with Crippen molar-refractivity contribution < 1.29 is 13.2 Å². The normalized spacial score (nSPS) is 13.1. The average Bonchev–Trinajstić information content (AvgIpc) is 2.47. The molecule has 0 amide bonds. The minimum absolute atomic E-state index is 0.235. The van der Waals surface area contributed by atoms with Crippen LogP contribution in [0.3, 0.4) is 0 Å². The second-order valence-electron chi connectivity index (χ2n) is 4.63. The molecule has 120 valence electrons. The molecule has 7 heteroatoms. The fourth-order valence-electron chi connectivity index (χ4n) is 1.74. The van der Waals surface area contributed by atoms with Crippen molar-refractivity contribution in [1.29, 1.82) is 0 Å². The Morgan fingerprint density at radius 3 is 2.67 bits per heavy atom. The lowest BCUT2D eigenvalue weighted by Crippen LogP contribution is -2.29. The van der Waals surface area contributed by atoms with Gasteiger partial charge in [-0.2, -0.15) is 11.8 Å². The Balaban J connectivity index is 2.98. The molecule has 0 aliphatic carbocycles. The molecule has 1 atom stereocenters. The number of hydrogen-bond acceptors (Lipinski definition) is 5. The largest absolute Gasteiger partial charge is 0.494 e. The van der Waals surface area contributed by atoms with Crippen LogP contribution in [0.1, 0.15) is 19.4 Å². The van der Waals surface area contributed by atoms with E-state index in [0.717, 1.165) is 5.56 Å². The summed E-state index contributed by atoms with van der Waals surface area (Å²) in [6.07, 6.45) is 1.96. The Bertz CT molecular complexity index is 547. The van der Waals surface area contributed by atoms with Gasteiger partial charge in [0, 0.05) is 23.9 Å². The van der Waals surface area contributed by atoms with Crippen LogP contribution < -0.4 is 14.8 Å². The summed E-state index contributed by atoms with van der Waals surface area (Å²) >= 11 is 1.62. The van der Waals surface area contributed by atoms with Gasteiger partial charge in [0.15, 0.2) is 0 Å². The van der Waals surface area contributed by atoms with E-state index in [1.54, 1.807) is 30.0 Å². The molecule has 0 heterocycles. The minimum atomic E-state index is -3.48.